The minimum Gasteiger partial charge on any atom is -0.481 e. The molecule has 6 nitrogen and oxygen atoms in total. The van der Waals surface area contributed by atoms with Gasteiger partial charge in [-0.2, -0.15) is 12.7 Å². The van der Waals surface area contributed by atoms with Gasteiger partial charge < -0.3 is 5.11 Å². The molecule has 0 unspecified atom stereocenters. The van der Waals surface area contributed by atoms with Gasteiger partial charge in [0.05, 0.1) is 6.42 Å². The van der Waals surface area contributed by atoms with E-state index in [-0.39, 0.29) is 13.0 Å². The summed E-state index contributed by atoms with van der Waals surface area (Å²) in [6.07, 6.45) is -0.215. The van der Waals surface area contributed by atoms with Gasteiger partial charge in [-0.25, -0.2) is 4.72 Å². The van der Waals surface area contributed by atoms with Crippen molar-refractivity contribution in [2.75, 3.05) is 20.6 Å². The molecule has 7 heteroatoms. The summed E-state index contributed by atoms with van der Waals surface area (Å²) in [6.45, 7) is -0.0875. The Bertz CT molecular complexity index is 246. The average molecular weight is 196 g/mol. The zero-order chi connectivity index (χ0) is 9.78. The highest BCUT2D eigenvalue weighted by molar-refractivity contribution is 7.87. The molecule has 0 heterocycles. The van der Waals surface area contributed by atoms with Crippen molar-refractivity contribution in [1.29, 1.82) is 0 Å². The van der Waals surface area contributed by atoms with Crippen LogP contribution in [0, 0.1) is 0 Å². The van der Waals surface area contributed by atoms with Crippen LogP contribution in [0.1, 0.15) is 6.42 Å². The van der Waals surface area contributed by atoms with E-state index in [0.29, 0.717) is 0 Å². The molecule has 0 bridgehead atoms. The van der Waals surface area contributed by atoms with E-state index in [1.807, 2.05) is 0 Å². The van der Waals surface area contributed by atoms with Crippen molar-refractivity contribution in [3.8, 4) is 0 Å². The van der Waals surface area contributed by atoms with E-state index >= 15 is 0 Å². The number of rotatable bonds is 5. The molecule has 0 aliphatic carbocycles. The number of carbonyl (C=O) groups is 1. The van der Waals surface area contributed by atoms with Gasteiger partial charge in [-0.3, -0.25) is 4.79 Å². The summed E-state index contributed by atoms with van der Waals surface area (Å²) in [4.78, 5) is 10.0. The van der Waals surface area contributed by atoms with Gasteiger partial charge in [0.1, 0.15) is 0 Å². The van der Waals surface area contributed by atoms with Crippen molar-refractivity contribution in [3.63, 3.8) is 0 Å². The average Bonchev–Trinajstić information content (AvgIpc) is 1.85. The van der Waals surface area contributed by atoms with E-state index in [4.69, 9.17) is 5.11 Å². The summed E-state index contributed by atoms with van der Waals surface area (Å²) in [5.41, 5.74) is 0. The third kappa shape index (κ3) is 4.27. The first-order valence-electron chi connectivity index (χ1n) is 3.25. The minimum absolute atomic E-state index is 0.0875. The van der Waals surface area contributed by atoms with Crippen LogP contribution in [0.4, 0.5) is 0 Å². The molecule has 0 aromatic carbocycles. The maximum atomic E-state index is 10.9. The summed E-state index contributed by atoms with van der Waals surface area (Å²) in [5, 5.41) is 8.20. The second-order valence-electron chi connectivity index (χ2n) is 2.33. The standard InChI is InChI=1S/C5H12N2O4S/c1-7(2)12(10,11)6-4-3-5(8)9/h6H,3-4H2,1-2H3,(H,8,9). The molecule has 0 aliphatic heterocycles. The Hall–Kier alpha value is -0.660. The molecule has 0 spiro atoms. The number of carboxylic acids is 1. The smallest absolute Gasteiger partial charge is 0.304 e. The topological polar surface area (TPSA) is 86.7 Å². The van der Waals surface area contributed by atoms with E-state index in [2.05, 4.69) is 4.72 Å². The Morgan fingerprint density at radius 1 is 1.50 bits per heavy atom. The van der Waals surface area contributed by atoms with Crippen LogP contribution in [0.15, 0.2) is 0 Å². The van der Waals surface area contributed by atoms with E-state index in [9.17, 15) is 13.2 Å². The summed E-state index contributed by atoms with van der Waals surface area (Å²) in [5.74, 6) is -1.03. The quantitative estimate of drug-likeness (QED) is 0.581. The second kappa shape index (κ2) is 4.39. The lowest BCUT2D eigenvalue weighted by molar-refractivity contribution is -0.136. The van der Waals surface area contributed by atoms with Crippen LogP contribution >= 0.6 is 0 Å². The SMILES string of the molecule is CN(C)S(=O)(=O)NCCC(=O)O. The number of aliphatic carboxylic acids is 1. The summed E-state index contributed by atoms with van der Waals surface area (Å²) < 4.78 is 25.0. The van der Waals surface area contributed by atoms with Crippen molar-refractivity contribution >= 4 is 16.2 Å². The van der Waals surface area contributed by atoms with Crippen LogP contribution in [0.5, 0.6) is 0 Å². The third-order valence-electron chi connectivity index (χ3n) is 1.10. The molecule has 2 N–H and O–H groups in total. The lowest BCUT2D eigenvalue weighted by Crippen LogP contribution is -2.36. The Balaban J connectivity index is 3.86. The zero-order valence-electron chi connectivity index (χ0n) is 6.94. The van der Waals surface area contributed by atoms with Crippen LogP contribution in [-0.2, 0) is 15.0 Å². The van der Waals surface area contributed by atoms with E-state index in [0.717, 1.165) is 4.31 Å². The Morgan fingerprint density at radius 2 is 2.00 bits per heavy atom. The molecule has 12 heavy (non-hydrogen) atoms. The van der Waals surface area contributed by atoms with E-state index in [1.54, 1.807) is 0 Å². The predicted octanol–water partition coefficient (Wildman–Crippen LogP) is -1.14. The number of hydrogen-bond acceptors (Lipinski definition) is 3. The Morgan fingerprint density at radius 3 is 2.33 bits per heavy atom. The monoisotopic (exact) mass is 196 g/mol. The van der Waals surface area contributed by atoms with Crippen molar-refractivity contribution in [2.24, 2.45) is 0 Å². The van der Waals surface area contributed by atoms with E-state index < -0.39 is 16.2 Å². The van der Waals surface area contributed by atoms with E-state index in [1.165, 1.54) is 14.1 Å². The van der Waals surface area contributed by atoms with Gasteiger partial charge in [0.25, 0.3) is 10.2 Å². The molecule has 0 radical (unpaired) electrons. The fourth-order valence-corrected chi connectivity index (χ4v) is 1.03. The molecule has 0 atom stereocenters. The van der Waals surface area contributed by atoms with Crippen LogP contribution in [0.3, 0.4) is 0 Å². The highest BCUT2D eigenvalue weighted by Gasteiger charge is 2.11. The summed E-state index contributed by atoms with van der Waals surface area (Å²) >= 11 is 0. The maximum Gasteiger partial charge on any atom is 0.304 e. The van der Waals surface area contributed by atoms with Gasteiger partial charge in [0.2, 0.25) is 0 Å². The highest BCUT2D eigenvalue weighted by atomic mass is 32.2. The van der Waals surface area contributed by atoms with Gasteiger partial charge in [-0.15, -0.1) is 0 Å². The number of carboxylic acid groups (broad SMARTS) is 1. The van der Waals surface area contributed by atoms with Gasteiger partial charge in [0.15, 0.2) is 0 Å². The molecule has 72 valence electrons. The van der Waals surface area contributed by atoms with Crippen molar-refractivity contribution in [2.45, 2.75) is 6.42 Å². The lowest BCUT2D eigenvalue weighted by Gasteiger charge is -2.10. The van der Waals surface area contributed by atoms with Crippen LogP contribution in [-0.4, -0.2) is 44.4 Å². The number of nitrogens with one attached hydrogen (secondary N) is 1. The molecule has 0 aromatic heterocycles. The van der Waals surface area contributed by atoms with Crippen molar-refractivity contribution < 1.29 is 18.3 Å². The van der Waals surface area contributed by atoms with Crippen molar-refractivity contribution in [3.05, 3.63) is 0 Å². The van der Waals surface area contributed by atoms with Crippen LogP contribution in [0.2, 0.25) is 0 Å². The zero-order valence-corrected chi connectivity index (χ0v) is 7.76. The summed E-state index contributed by atoms with van der Waals surface area (Å²) in [6, 6.07) is 0. The Kier molecular flexibility index (Phi) is 4.15. The fraction of sp³-hybridized carbons (Fsp3) is 0.800. The van der Waals surface area contributed by atoms with Crippen molar-refractivity contribution in [1.82, 2.24) is 9.03 Å². The maximum absolute atomic E-state index is 10.9. The summed E-state index contributed by atoms with van der Waals surface area (Å²) in [7, 11) is -0.745. The molecule has 0 saturated carbocycles. The first-order chi connectivity index (χ1) is 5.36. The highest BCUT2D eigenvalue weighted by Crippen LogP contribution is 1.88. The van der Waals surface area contributed by atoms with Crippen LogP contribution in [0.25, 0.3) is 0 Å². The van der Waals surface area contributed by atoms with Gasteiger partial charge in [0, 0.05) is 20.6 Å². The second-order valence-corrected chi connectivity index (χ2v) is 4.29. The van der Waals surface area contributed by atoms with Gasteiger partial charge >= 0.3 is 5.97 Å². The molecule has 0 rings (SSSR count). The molecular formula is C5H12N2O4S. The number of hydrogen-bond donors (Lipinski definition) is 2. The molecular weight excluding hydrogens is 184 g/mol. The fourth-order valence-electron chi connectivity index (χ4n) is 0.416. The third-order valence-corrected chi connectivity index (χ3v) is 2.63. The molecule has 0 amide bonds. The van der Waals surface area contributed by atoms with Crippen LogP contribution < -0.4 is 4.72 Å². The van der Waals surface area contributed by atoms with Gasteiger partial charge in [-0.05, 0) is 0 Å². The first kappa shape index (κ1) is 11.3. The molecule has 0 saturated heterocycles. The Labute approximate surface area is 71.4 Å². The van der Waals surface area contributed by atoms with Gasteiger partial charge in [-0.1, -0.05) is 0 Å². The first-order valence-corrected chi connectivity index (χ1v) is 4.69. The largest absolute Gasteiger partial charge is 0.481 e. The minimum atomic E-state index is -3.47. The molecule has 0 aliphatic rings. The molecule has 0 aromatic rings. The predicted molar refractivity (Wildman–Crippen MR) is 42.9 cm³/mol. The normalized spacial score (nSPS) is 11.9. The molecule has 0 fully saturated rings. The number of nitrogens with zero attached hydrogens (tertiary/aromatic N) is 1. The lowest BCUT2D eigenvalue weighted by atomic mass is 10.5.